The fourth-order valence-electron chi connectivity index (χ4n) is 3.97. The number of para-hydroxylation sites is 1. The molecule has 0 amide bonds. The first kappa shape index (κ1) is 19.1. The van der Waals surface area contributed by atoms with Crippen molar-refractivity contribution < 1.29 is 14.6 Å². The summed E-state index contributed by atoms with van der Waals surface area (Å²) in [4.78, 5) is 0. The average Bonchev–Trinajstić information content (AvgIpc) is 3.21. The fourth-order valence-corrected chi connectivity index (χ4v) is 4.48. The largest absolute Gasteiger partial charge is 0.506 e. The van der Waals surface area contributed by atoms with E-state index in [1.807, 2.05) is 53.5 Å². The zero-order valence-corrected chi connectivity index (χ0v) is 17.6. The molecule has 2 atom stereocenters. The zero-order chi connectivity index (χ0) is 20.8. The summed E-state index contributed by atoms with van der Waals surface area (Å²) in [5.41, 5.74) is 3.47. The normalized spacial score (nSPS) is 19.6. The summed E-state index contributed by atoms with van der Waals surface area (Å²) >= 11 is 12.4. The number of aromatic hydroxyl groups is 1. The number of hydrogen-bond acceptors (Lipinski definition) is 5. The lowest BCUT2D eigenvalue weighted by molar-refractivity contribution is -0.0203. The smallest absolute Gasteiger partial charge is 0.217 e. The molecule has 0 fully saturated rings. The second kappa shape index (κ2) is 7.42. The van der Waals surface area contributed by atoms with Crippen LogP contribution in [0.1, 0.15) is 35.4 Å². The van der Waals surface area contributed by atoms with Crippen LogP contribution in [0.4, 0.5) is 0 Å². The minimum Gasteiger partial charge on any atom is -0.506 e. The van der Waals surface area contributed by atoms with Crippen LogP contribution in [0.2, 0.25) is 10.0 Å². The molecule has 3 aromatic rings. The summed E-state index contributed by atoms with van der Waals surface area (Å²) < 4.78 is 11.5. The van der Waals surface area contributed by atoms with Gasteiger partial charge in [-0.1, -0.05) is 41.4 Å². The van der Waals surface area contributed by atoms with Gasteiger partial charge in [0.15, 0.2) is 0 Å². The molecular weight excluding hydrogens is 423 g/mol. The van der Waals surface area contributed by atoms with Gasteiger partial charge in [-0.05, 0) is 48.0 Å². The number of phenols is 1. The summed E-state index contributed by atoms with van der Waals surface area (Å²) in [6.07, 6.45) is 0.0509. The molecule has 7 heteroatoms. The third-order valence-corrected chi connectivity index (χ3v) is 5.95. The number of phenolic OH excluding ortho intramolecular Hbond substituents is 1. The van der Waals surface area contributed by atoms with Gasteiger partial charge >= 0.3 is 0 Å². The maximum atomic E-state index is 10.6. The van der Waals surface area contributed by atoms with Crippen molar-refractivity contribution in [1.29, 1.82) is 0 Å². The van der Waals surface area contributed by atoms with Crippen LogP contribution in [0.25, 0.3) is 0 Å². The number of hydrazone groups is 1. The summed E-state index contributed by atoms with van der Waals surface area (Å²) in [6.45, 7) is 0. The van der Waals surface area contributed by atoms with E-state index in [1.165, 1.54) is 6.07 Å². The third-order valence-electron chi connectivity index (χ3n) is 5.45. The Labute approximate surface area is 184 Å². The number of hydrogen-bond donors (Lipinski definition) is 1. The molecule has 0 aliphatic carbocycles. The topological polar surface area (TPSA) is 54.3 Å². The van der Waals surface area contributed by atoms with Gasteiger partial charge < -0.3 is 14.6 Å². The second-order valence-electron chi connectivity index (χ2n) is 7.21. The van der Waals surface area contributed by atoms with E-state index < -0.39 is 6.23 Å². The molecule has 2 heterocycles. The Morgan fingerprint density at radius 1 is 1.07 bits per heavy atom. The van der Waals surface area contributed by atoms with Crippen LogP contribution in [-0.2, 0) is 0 Å². The maximum Gasteiger partial charge on any atom is 0.217 e. The van der Waals surface area contributed by atoms with Crippen molar-refractivity contribution >= 4 is 28.9 Å². The van der Waals surface area contributed by atoms with E-state index in [1.54, 1.807) is 13.2 Å². The average molecular weight is 441 g/mol. The van der Waals surface area contributed by atoms with Crippen LogP contribution in [0.15, 0.2) is 65.8 Å². The van der Waals surface area contributed by atoms with E-state index >= 15 is 0 Å². The molecule has 2 aliphatic heterocycles. The molecule has 0 radical (unpaired) electrons. The molecule has 0 spiro atoms. The first-order valence-electron chi connectivity index (χ1n) is 9.49. The number of ether oxygens (including phenoxy) is 2. The highest BCUT2D eigenvalue weighted by atomic mass is 35.5. The monoisotopic (exact) mass is 440 g/mol. The molecule has 0 saturated carbocycles. The van der Waals surface area contributed by atoms with Crippen LogP contribution in [0, 0.1) is 0 Å². The van der Waals surface area contributed by atoms with Crippen molar-refractivity contribution in [3.8, 4) is 17.2 Å². The van der Waals surface area contributed by atoms with Gasteiger partial charge in [0.2, 0.25) is 6.23 Å². The predicted octanol–water partition coefficient (Wildman–Crippen LogP) is 5.95. The van der Waals surface area contributed by atoms with Gasteiger partial charge in [-0.2, -0.15) is 5.10 Å². The number of rotatable bonds is 3. The van der Waals surface area contributed by atoms with Gasteiger partial charge in [-0.3, -0.25) is 0 Å². The molecule has 5 nitrogen and oxygen atoms in total. The lowest BCUT2D eigenvalue weighted by Gasteiger charge is -2.38. The summed E-state index contributed by atoms with van der Waals surface area (Å²) in [7, 11) is 1.64. The molecule has 0 unspecified atom stereocenters. The Bertz CT molecular complexity index is 1150. The van der Waals surface area contributed by atoms with E-state index in [2.05, 4.69) is 0 Å². The van der Waals surface area contributed by atoms with Crippen molar-refractivity contribution in [3.63, 3.8) is 0 Å². The highest BCUT2D eigenvalue weighted by Gasteiger charge is 2.42. The number of halogens is 2. The minimum atomic E-state index is -0.656. The van der Waals surface area contributed by atoms with Gasteiger partial charge in [-0.25, -0.2) is 5.01 Å². The van der Waals surface area contributed by atoms with Crippen LogP contribution >= 0.6 is 23.2 Å². The Kier molecular flexibility index (Phi) is 4.72. The van der Waals surface area contributed by atoms with Crippen molar-refractivity contribution in [2.45, 2.75) is 18.7 Å². The maximum absolute atomic E-state index is 10.6. The van der Waals surface area contributed by atoms with Gasteiger partial charge in [-0.15, -0.1) is 0 Å². The first-order valence-corrected chi connectivity index (χ1v) is 10.2. The van der Waals surface area contributed by atoms with Crippen LogP contribution in [0.5, 0.6) is 17.2 Å². The van der Waals surface area contributed by atoms with Crippen molar-refractivity contribution in [2.24, 2.45) is 5.10 Å². The first-order chi connectivity index (χ1) is 14.5. The predicted molar refractivity (Wildman–Crippen MR) is 117 cm³/mol. The second-order valence-corrected chi connectivity index (χ2v) is 8.05. The van der Waals surface area contributed by atoms with Gasteiger partial charge in [0.1, 0.15) is 17.2 Å². The Balaban J connectivity index is 1.61. The number of fused-ring (bicyclic) bond motifs is 3. The lowest BCUT2D eigenvalue weighted by Crippen LogP contribution is -2.33. The highest BCUT2D eigenvalue weighted by molar-refractivity contribution is 6.35. The molecule has 3 aromatic carbocycles. The van der Waals surface area contributed by atoms with Crippen molar-refractivity contribution in [1.82, 2.24) is 5.01 Å². The quantitative estimate of drug-likeness (QED) is 0.546. The molecule has 0 saturated heterocycles. The van der Waals surface area contributed by atoms with E-state index in [-0.39, 0.29) is 16.8 Å². The lowest BCUT2D eigenvalue weighted by atomic mass is 9.96. The molecule has 1 N–H and O–H groups in total. The summed E-state index contributed by atoms with van der Waals surface area (Å²) in [5, 5.41) is 18.0. The number of nitrogens with zero attached hydrogens (tertiary/aromatic N) is 2. The van der Waals surface area contributed by atoms with Crippen LogP contribution in [0.3, 0.4) is 0 Å². The minimum absolute atomic E-state index is 0.0331. The number of methoxy groups -OCH3 is 1. The van der Waals surface area contributed by atoms with Crippen molar-refractivity contribution in [3.05, 3.63) is 87.4 Å². The van der Waals surface area contributed by atoms with Crippen molar-refractivity contribution in [2.75, 3.05) is 7.11 Å². The van der Waals surface area contributed by atoms with Crippen LogP contribution < -0.4 is 9.47 Å². The zero-order valence-electron chi connectivity index (χ0n) is 16.0. The van der Waals surface area contributed by atoms with Gasteiger partial charge in [0.05, 0.1) is 29.4 Å². The summed E-state index contributed by atoms with van der Waals surface area (Å²) in [6, 6.07) is 18.8. The Morgan fingerprint density at radius 2 is 1.83 bits per heavy atom. The molecule has 30 heavy (non-hydrogen) atoms. The molecule has 0 bridgehead atoms. The van der Waals surface area contributed by atoms with E-state index in [0.29, 0.717) is 17.0 Å². The molecule has 0 aromatic heterocycles. The summed E-state index contributed by atoms with van der Waals surface area (Å²) in [5.74, 6) is 1.49. The van der Waals surface area contributed by atoms with E-state index in [4.69, 9.17) is 37.8 Å². The Morgan fingerprint density at radius 3 is 2.60 bits per heavy atom. The highest BCUT2D eigenvalue weighted by Crippen LogP contribution is 2.49. The molecule has 152 valence electrons. The van der Waals surface area contributed by atoms with E-state index in [0.717, 1.165) is 28.3 Å². The van der Waals surface area contributed by atoms with E-state index in [9.17, 15) is 5.11 Å². The number of benzene rings is 3. The fraction of sp³-hybridized carbons (Fsp3) is 0.174. The molecule has 5 rings (SSSR count). The molecule has 2 aliphatic rings. The standard InChI is InChI=1S/C23H18Cl2N2O3/c1-29-15-8-6-13(7-9-15)19-12-20-16-4-2-3-5-21(16)30-23(27(20)26-19)17-10-14(24)11-18(25)22(17)28/h2-11,20,23,28H,12H2,1H3/t20-,23+/m0/s1. The third kappa shape index (κ3) is 3.15. The Hall–Kier alpha value is -2.89. The van der Waals surface area contributed by atoms with Crippen LogP contribution in [-0.4, -0.2) is 22.9 Å². The SMILES string of the molecule is COc1ccc(C2=NN3[C@@H](c4cc(Cl)cc(Cl)c4O)Oc4ccccc4[C@@H]3C2)cc1. The van der Waals surface area contributed by atoms with Gasteiger partial charge in [0, 0.05) is 17.0 Å². The molecular formula is C23H18Cl2N2O3. The van der Waals surface area contributed by atoms with Gasteiger partial charge in [0.25, 0.3) is 0 Å².